The fourth-order valence-corrected chi connectivity index (χ4v) is 5.12. The van der Waals surface area contributed by atoms with Crippen molar-refractivity contribution in [3.8, 4) is 6.07 Å². The van der Waals surface area contributed by atoms with Gasteiger partial charge in [-0.25, -0.2) is 4.79 Å². The van der Waals surface area contributed by atoms with Crippen LogP contribution in [0.2, 0.25) is 0 Å². The van der Waals surface area contributed by atoms with Crippen LogP contribution in [0.5, 0.6) is 0 Å². The molecule has 2 atom stereocenters. The zero-order chi connectivity index (χ0) is 30.1. The van der Waals surface area contributed by atoms with Gasteiger partial charge in [0.25, 0.3) is 0 Å². The Morgan fingerprint density at radius 2 is 1.60 bits per heavy atom. The number of carbonyl (C=O) groups is 2. The van der Waals surface area contributed by atoms with Gasteiger partial charge in [0.05, 0.1) is 35.9 Å². The van der Waals surface area contributed by atoms with Crippen LogP contribution < -0.4 is 4.90 Å². The lowest BCUT2D eigenvalue weighted by molar-refractivity contribution is -0.144. The number of nitriles is 1. The molecule has 0 radical (unpaired) electrons. The monoisotopic (exact) mass is 565 g/mol. The van der Waals surface area contributed by atoms with Gasteiger partial charge in [0.1, 0.15) is 12.5 Å². The van der Waals surface area contributed by atoms with Gasteiger partial charge in [0.15, 0.2) is 0 Å². The molecular weight excluding hydrogens is 530 g/mol. The maximum Gasteiger partial charge on any atom is 0.336 e. The molecule has 3 aromatic rings. The van der Waals surface area contributed by atoms with Crippen LogP contribution >= 0.6 is 0 Å². The summed E-state index contributed by atoms with van der Waals surface area (Å²) >= 11 is 0. The van der Waals surface area contributed by atoms with E-state index in [0.717, 1.165) is 24.5 Å². The summed E-state index contributed by atoms with van der Waals surface area (Å²) in [6.07, 6.45) is 1.49. The Morgan fingerprint density at radius 1 is 0.952 bits per heavy atom. The zero-order valence-corrected chi connectivity index (χ0v) is 24.4. The number of nitrogens with zero attached hydrogens (tertiary/aromatic N) is 5. The highest BCUT2D eigenvalue weighted by Gasteiger charge is 2.43. The average Bonchev–Trinajstić information content (AvgIpc) is 3.01. The largest absolute Gasteiger partial charge is 0.468 e. The van der Waals surface area contributed by atoms with E-state index in [4.69, 9.17) is 9.47 Å². The molecule has 1 aromatic heterocycles. The van der Waals surface area contributed by atoms with Crippen molar-refractivity contribution in [3.63, 3.8) is 0 Å². The summed E-state index contributed by atoms with van der Waals surface area (Å²) in [5.74, 6) is -2.77. The van der Waals surface area contributed by atoms with Crippen molar-refractivity contribution in [2.24, 2.45) is 10.9 Å². The highest BCUT2D eigenvalue weighted by molar-refractivity contribution is 6.06. The van der Waals surface area contributed by atoms with E-state index in [9.17, 15) is 14.9 Å². The van der Waals surface area contributed by atoms with Crippen molar-refractivity contribution in [2.75, 3.05) is 45.3 Å². The lowest BCUT2D eigenvalue weighted by Gasteiger charge is -2.31. The molecule has 0 N–H and O–H groups in total. The first kappa shape index (κ1) is 30.2. The maximum absolute atomic E-state index is 13.5. The smallest absolute Gasteiger partial charge is 0.336 e. The van der Waals surface area contributed by atoms with E-state index in [-0.39, 0.29) is 12.2 Å². The minimum absolute atomic E-state index is 0.146. The summed E-state index contributed by atoms with van der Waals surface area (Å²) in [7, 11) is 3.27. The van der Waals surface area contributed by atoms with Crippen molar-refractivity contribution in [2.45, 2.75) is 19.8 Å². The second-order valence-electron chi connectivity index (χ2n) is 10.1. The molecule has 0 saturated heterocycles. The van der Waals surface area contributed by atoms with Gasteiger partial charge in [-0.2, -0.15) is 5.26 Å². The molecule has 9 nitrogen and oxygen atoms in total. The summed E-state index contributed by atoms with van der Waals surface area (Å²) < 4.78 is 10.8. The van der Waals surface area contributed by atoms with E-state index < -0.39 is 23.8 Å². The van der Waals surface area contributed by atoms with Crippen LogP contribution in [0.3, 0.4) is 0 Å². The number of aromatic nitrogens is 1. The molecule has 216 valence electrons. The molecule has 42 heavy (non-hydrogen) atoms. The van der Waals surface area contributed by atoms with Crippen LogP contribution in [0.25, 0.3) is 0 Å². The first-order chi connectivity index (χ1) is 20.3. The van der Waals surface area contributed by atoms with Crippen molar-refractivity contribution < 1.29 is 19.1 Å². The molecule has 9 heteroatoms. The van der Waals surface area contributed by atoms with Gasteiger partial charge < -0.3 is 19.3 Å². The SMILES string of the molecule is COC(=O)C1C(C)=NC(C)=C(C(=O)OCCN(C)CCN(c2ccccc2)c2ccccc2)C1c1cc(C#N)ccn1. The number of aliphatic imine (C=N–C) groups is 1. The van der Waals surface area contributed by atoms with Gasteiger partial charge in [-0.15, -0.1) is 0 Å². The normalized spacial score (nSPS) is 16.4. The van der Waals surface area contributed by atoms with Gasteiger partial charge in [-0.05, 0) is 57.3 Å². The number of carbonyl (C=O) groups excluding carboxylic acids is 2. The molecule has 0 fully saturated rings. The molecule has 4 rings (SSSR count). The Morgan fingerprint density at radius 3 is 2.19 bits per heavy atom. The van der Waals surface area contributed by atoms with Crippen LogP contribution in [-0.2, 0) is 19.1 Å². The minimum Gasteiger partial charge on any atom is -0.468 e. The van der Waals surface area contributed by atoms with Crippen LogP contribution in [0.15, 0.2) is 95.3 Å². The van der Waals surface area contributed by atoms with Gasteiger partial charge in [0.2, 0.25) is 0 Å². The van der Waals surface area contributed by atoms with Crippen molar-refractivity contribution in [3.05, 3.63) is 102 Å². The van der Waals surface area contributed by atoms with Crippen molar-refractivity contribution in [1.82, 2.24) is 9.88 Å². The molecule has 0 saturated carbocycles. The fourth-order valence-electron chi connectivity index (χ4n) is 5.12. The molecule has 1 aliphatic rings. The summed E-state index contributed by atoms with van der Waals surface area (Å²) in [6.45, 7) is 5.54. The highest BCUT2D eigenvalue weighted by Crippen LogP contribution is 2.39. The molecule has 2 aromatic carbocycles. The molecule has 0 aliphatic carbocycles. The summed E-state index contributed by atoms with van der Waals surface area (Å²) in [6, 6.07) is 25.6. The maximum atomic E-state index is 13.5. The predicted octanol–water partition coefficient (Wildman–Crippen LogP) is 4.89. The zero-order valence-electron chi connectivity index (χ0n) is 24.4. The van der Waals surface area contributed by atoms with Crippen LogP contribution in [0, 0.1) is 17.2 Å². The van der Waals surface area contributed by atoms with E-state index in [1.807, 2.05) is 43.4 Å². The number of anilines is 2. The molecule has 2 heterocycles. The number of allylic oxidation sites excluding steroid dienone is 1. The minimum atomic E-state index is -0.868. The second-order valence-corrected chi connectivity index (χ2v) is 10.1. The first-order valence-electron chi connectivity index (χ1n) is 13.8. The summed E-state index contributed by atoms with van der Waals surface area (Å²) in [5.41, 5.74) is 4.16. The molecule has 0 spiro atoms. The number of benzene rings is 2. The van der Waals surface area contributed by atoms with Crippen molar-refractivity contribution >= 4 is 29.0 Å². The van der Waals surface area contributed by atoms with Gasteiger partial charge in [-0.3, -0.25) is 14.8 Å². The Bertz CT molecular complexity index is 1460. The third kappa shape index (κ3) is 7.09. The van der Waals surface area contributed by atoms with Gasteiger partial charge in [-0.1, -0.05) is 36.4 Å². The Hall–Kier alpha value is -4.81. The molecule has 0 bridgehead atoms. The molecular formula is C33H35N5O4. The Balaban J connectivity index is 1.45. The standard InChI is InChI=1S/C33H35N5O4/c1-23-29(32(39)41-4)31(28-21-25(22-34)15-16-35-28)30(24(2)36-23)33(40)42-20-19-37(3)17-18-38(26-11-7-5-8-12-26)27-13-9-6-10-14-27/h5-16,21,29,31H,17-20H2,1-4H3. The van der Waals surface area contributed by atoms with Crippen molar-refractivity contribution in [1.29, 1.82) is 5.26 Å². The Kier molecular flexibility index (Phi) is 10.2. The number of likely N-dealkylation sites (N-methyl/N-ethyl adjacent to an activating group) is 1. The fraction of sp³-hybridized carbons (Fsp3) is 0.303. The predicted molar refractivity (Wildman–Crippen MR) is 161 cm³/mol. The third-order valence-electron chi connectivity index (χ3n) is 7.28. The van der Waals surface area contributed by atoms with E-state index in [2.05, 4.69) is 50.1 Å². The first-order valence-corrected chi connectivity index (χ1v) is 13.8. The topological polar surface area (TPSA) is 108 Å². The molecule has 1 aliphatic heterocycles. The van der Waals surface area contributed by atoms with Gasteiger partial charge in [0, 0.05) is 48.6 Å². The van der Waals surface area contributed by atoms with Crippen LogP contribution in [0.1, 0.15) is 31.0 Å². The molecule has 0 amide bonds. The number of methoxy groups -OCH3 is 1. The number of esters is 2. The van der Waals surface area contributed by atoms with E-state index in [0.29, 0.717) is 29.2 Å². The number of hydrogen-bond acceptors (Lipinski definition) is 9. The number of pyridine rings is 1. The van der Waals surface area contributed by atoms with E-state index in [1.54, 1.807) is 26.0 Å². The number of ether oxygens (including phenoxy) is 2. The number of rotatable bonds is 11. The highest BCUT2D eigenvalue weighted by atomic mass is 16.5. The van der Waals surface area contributed by atoms with E-state index >= 15 is 0 Å². The van der Waals surface area contributed by atoms with E-state index in [1.165, 1.54) is 13.3 Å². The lowest BCUT2D eigenvalue weighted by Crippen LogP contribution is -2.37. The molecule has 2 unspecified atom stereocenters. The summed E-state index contributed by atoms with van der Waals surface area (Å²) in [5, 5.41) is 9.43. The Labute approximate surface area is 246 Å². The van der Waals surface area contributed by atoms with Crippen LogP contribution in [0.4, 0.5) is 11.4 Å². The quantitative estimate of drug-likeness (QED) is 0.303. The van der Waals surface area contributed by atoms with Gasteiger partial charge >= 0.3 is 11.9 Å². The van der Waals surface area contributed by atoms with Crippen LogP contribution in [-0.4, -0.2) is 67.9 Å². The summed E-state index contributed by atoms with van der Waals surface area (Å²) in [4.78, 5) is 39.6. The second kappa shape index (κ2) is 14.2. The number of hydrogen-bond donors (Lipinski definition) is 0. The average molecular weight is 566 g/mol. The number of para-hydroxylation sites is 2. The third-order valence-corrected chi connectivity index (χ3v) is 7.28. The lowest BCUT2D eigenvalue weighted by atomic mass is 9.77.